The normalized spacial score (nSPS) is 12.3. The Morgan fingerprint density at radius 3 is 1.30 bits per heavy atom. The summed E-state index contributed by atoms with van der Waals surface area (Å²) in [4.78, 5) is 25.3. The predicted octanol–water partition coefficient (Wildman–Crippen LogP) is 8.44. The second kappa shape index (κ2) is 14.3. The zero-order chi connectivity index (χ0) is 32.6. The van der Waals surface area contributed by atoms with Crippen molar-refractivity contribution in [2.75, 3.05) is 26.4 Å². The SMILES string of the molecule is C=C(C)c1cccc(C(C)(C)NC(=O)OCC(C)(C)COCC(C)(C)COC(=O)NC(C)(C)c2cccc(C(=C)C)c2)c1. The summed E-state index contributed by atoms with van der Waals surface area (Å²) in [5, 5.41) is 5.93. The maximum atomic E-state index is 12.7. The van der Waals surface area contributed by atoms with Gasteiger partial charge in [-0.3, -0.25) is 0 Å². The molecule has 0 bridgehead atoms. The lowest BCUT2D eigenvalue weighted by Gasteiger charge is -2.31. The minimum absolute atomic E-state index is 0.182. The summed E-state index contributed by atoms with van der Waals surface area (Å²) in [7, 11) is 0. The zero-order valence-corrected chi connectivity index (χ0v) is 27.9. The van der Waals surface area contributed by atoms with Crippen LogP contribution in [0.4, 0.5) is 9.59 Å². The first-order valence-electron chi connectivity index (χ1n) is 14.7. The molecular formula is C36H52N2O5. The van der Waals surface area contributed by atoms with Crippen LogP contribution in [-0.4, -0.2) is 38.6 Å². The third-order valence-corrected chi connectivity index (χ3v) is 7.16. The Hall–Kier alpha value is -3.58. The monoisotopic (exact) mass is 592 g/mol. The highest BCUT2D eigenvalue weighted by molar-refractivity contribution is 5.70. The number of benzene rings is 2. The smallest absolute Gasteiger partial charge is 0.407 e. The van der Waals surface area contributed by atoms with E-state index in [4.69, 9.17) is 14.2 Å². The number of hydrogen-bond acceptors (Lipinski definition) is 5. The van der Waals surface area contributed by atoms with E-state index in [0.29, 0.717) is 13.2 Å². The van der Waals surface area contributed by atoms with Crippen molar-refractivity contribution < 1.29 is 23.8 Å². The number of rotatable bonds is 14. The molecule has 0 aliphatic heterocycles. The summed E-state index contributed by atoms with van der Waals surface area (Å²) in [5.41, 5.74) is 3.83. The third-order valence-electron chi connectivity index (χ3n) is 7.16. The van der Waals surface area contributed by atoms with E-state index >= 15 is 0 Å². The Balaban J connectivity index is 1.80. The van der Waals surface area contributed by atoms with Crippen molar-refractivity contribution in [1.29, 1.82) is 0 Å². The van der Waals surface area contributed by atoms with Gasteiger partial charge in [-0.1, -0.05) is 88.4 Å². The van der Waals surface area contributed by atoms with Crippen LogP contribution in [0, 0.1) is 10.8 Å². The largest absolute Gasteiger partial charge is 0.449 e. The quantitative estimate of drug-likeness (QED) is 0.230. The fourth-order valence-electron chi connectivity index (χ4n) is 4.28. The molecule has 0 saturated carbocycles. The minimum Gasteiger partial charge on any atom is -0.449 e. The van der Waals surface area contributed by atoms with Gasteiger partial charge in [-0.25, -0.2) is 9.59 Å². The topological polar surface area (TPSA) is 85.9 Å². The van der Waals surface area contributed by atoms with Crippen LogP contribution in [-0.2, 0) is 25.3 Å². The van der Waals surface area contributed by atoms with E-state index in [1.165, 1.54) is 0 Å². The first kappa shape index (κ1) is 35.6. The standard InChI is InChI=1S/C36H52N2O5/c1-25(2)27-15-13-17-29(19-27)35(9,10)37-31(39)42-23-33(5,6)21-41-22-34(7,8)24-43-32(40)38-36(11,12)30-18-14-16-28(20-30)26(3)4/h13-20H,1,3,21-24H2,2,4-12H3,(H,37,39)(H,38,40). The number of ether oxygens (including phenoxy) is 3. The molecule has 2 aromatic carbocycles. The van der Waals surface area contributed by atoms with Gasteiger partial charge in [0.05, 0.1) is 24.3 Å². The molecule has 0 saturated heterocycles. The maximum Gasteiger partial charge on any atom is 0.407 e. The Morgan fingerprint density at radius 1 is 0.628 bits per heavy atom. The van der Waals surface area contributed by atoms with E-state index in [9.17, 15) is 9.59 Å². The zero-order valence-electron chi connectivity index (χ0n) is 27.9. The molecule has 236 valence electrons. The number of carbonyl (C=O) groups is 2. The van der Waals surface area contributed by atoms with Crippen LogP contribution in [0.1, 0.15) is 91.5 Å². The summed E-state index contributed by atoms with van der Waals surface area (Å²) in [6, 6.07) is 15.9. The summed E-state index contributed by atoms with van der Waals surface area (Å²) in [6.45, 7) is 28.7. The van der Waals surface area contributed by atoms with Crippen molar-refractivity contribution in [3.05, 3.63) is 83.9 Å². The van der Waals surface area contributed by atoms with Crippen molar-refractivity contribution >= 4 is 23.3 Å². The van der Waals surface area contributed by atoms with Crippen molar-refractivity contribution in [1.82, 2.24) is 10.6 Å². The van der Waals surface area contributed by atoms with Crippen LogP contribution in [0.3, 0.4) is 0 Å². The van der Waals surface area contributed by atoms with Crippen molar-refractivity contribution in [2.24, 2.45) is 10.8 Å². The van der Waals surface area contributed by atoms with Gasteiger partial charge in [0.25, 0.3) is 0 Å². The Bertz CT molecular complexity index is 1210. The average Bonchev–Trinajstić information content (AvgIpc) is 2.90. The summed E-state index contributed by atoms with van der Waals surface area (Å²) >= 11 is 0. The second-order valence-corrected chi connectivity index (χ2v) is 14.2. The molecule has 7 nitrogen and oxygen atoms in total. The first-order chi connectivity index (χ1) is 19.7. The highest BCUT2D eigenvalue weighted by Gasteiger charge is 2.29. The van der Waals surface area contributed by atoms with Crippen LogP contribution in [0.5, 0.6) is 0 Å². The van der Waals surface area contributed by atoms with Crippen LogP contribution in [0.25, 0.3) is 11.1 Å². The van der Waals surface area contributed by atoms with Crippen molar-refractivity contribution in [3.63, 3.8) is 0 Å². The number of alkyl carbamates (subject to hydrolysis) is 2. The maximum absolute atomic E-state index is 12.7. The van der Waals surface area contributed by atoms with Crippen LogP contribution >= 0.6 is 0 Å². The van der Waals surface area contributed by atoms with Gasteiger partial charge in [-0.05, 0) is 75.9 Å². The van der Waals surface area contributed by atoms with Crippen LogP contribution < -0.4 is 10.6 Å². The van der Waals surface area contributed by atoms with Crippen LogP contribution in [0.2, 0.25) is 0 Å². The summed E-state index contributed by atoms with van der Waals surface area (Å²) < 4.78 is 17.2. The number of carbonyl (C=O) groups excluding carboxylic acids is 2. The Morgan fingerprint density at radius 2 is 0.977 bits per heavy atom. The molecule has 0 aromatic heterocycles. The Labute approximate surface area is 259 Å². The molecule has 0 unspecified atom stereocenters. The molecule has 2 aromatic rings. The van der Waals surface area contributed by atoms with Gasteiger partial charge >= 0.3 is 12.2 Å². The van der Waals surface area contributed by atoms with E-state index in [1.54, 1.807) is 0 Å². The molecular weight excluding hydrogens is 540 g/mol. The van der Waals surface area contributed by atoms with Gasteiger partial charge in [0.2, 0.25) is 0 Å². The minimum atomic E-state index is -0.622. The molecule has 0 heterocycles. The number of hydrogen-bond donors (Lipinski definition) is 2. The molecule has 2 N–H and O–H groups in total. The molecule has 43 heavy (non-hydrogen) atoms. The summed E-state index contributed by atoms with van der Waals surface area (Å²) in [6.07, 6.45) is -0.986. The van der Waals surface area contributed by atoms with E-state index < -0.39 is 34.1 Å². The lowest BCUT2D eigenvalue weighted by Crippen LogP contribution is -2.43. The molecule has 0 radical (unpaired) electrons. The molecule has 2 amide bonds. The molecule has 0 atom stereocenters. The molecule has 0 fully saturated rings. The van der Waals surface area contributed by atoms with Gasteiger partial charge in [0, 0.05) is 10.8 Å². The van der Waals surface area contributed by atoms with E-state index in [-0.39, 0.29) is 13.2 Å². The Kier molecular flexibility index (Phi) is 11.8. The first-order valence-corrected chi connectivity index (χ1v) is 14.7. The van der Waals surface area contributed by atoms with Gasteiger partial charge < -0.3 is 24.8 Å². The van der Waals surface area contributed by atoms with E-state index in [2.05, 4.69) is 23.8 Å². The van der Waals surface area contributed by atoms with Crippen molar-refractivity contribution in [2.45, 2.75) is 80.3 Å². The van der Waals surface area contributed by atoms with Crippen molar-refractivity contribution in [3.8, 4) is 0 Å². The average molecular weight is 593 g/mol. The summed E-state index contributed by atoms with van der Waals surface area (Å²) in [5.74, 6) is 0. The number of nitrogens with one attached hydrogen (secondary N) is 2. The lowest BCUT2D eigenvalue weighted by atomic mass is 9.92. The molecule has 0 aliphatic carbocycles. The van der Waals surface area contributed by atoms with Gasteiger partial charge in [-0.2, -0.15) is 0 Å². The fraction of sp³-hybridized carbons (Fsp3) is 0.500. The molecule has 0 spiro atoms. The second-order valence-electron chi connectivity index (χ2n) is 14.2. The van der Waals surface area contributed by atoms with E-state index in [1.807, 2.05) is 118 Å². The van der Waals surface area contributed by atoms with Crippen LogP contribution in [0.15, 0.2) is 61.7 Å². The van der Waals surface area contributed by atoms with Gasteiger partial charge in [-0.15, -0.1) is 0 Å². The highest BCUT2D eigenvalue weighted by atomic mass is 16.6. The van der Waals surface area contributed by atoms with Gasteiger partial charge in [0.15, 0.2) is 0 Å². The predicted molar refractivity (Wildman–Crippen MR) is 176 cm³/mol. The number of allylic oxidation sites excluding steroid dienone is 2. The highest BCUT2D eigenvalue weighted by Crippen LogP contribution is 2.26. The number of amides is 2. The molecule has 7 heteroatoms. The fourth-order valence-corrected chi connectivity index (χ4v) is 4.28. The molecule has 0 aliphatic rings. The molecule has 2 rings (SSSR count). The van der Waals surface area contributed by atoms with Gasteiger partial charge in [0.1, 0.15) is 13.2 Å². The third kappa shape index (κ3) is 11.6. The lowest BCUT2D eigenvalue weighted by molar-refractivity contribution is -0.0268. The van der Waals surface area contributed by atoms with E-state index in [0.717, 1.165) is 33.4 Å².